The number of rotatable bonds is 2. The van der Waals surface area contributed by atoms with E-state index in [9.17, 15) is 4.39 Å². The van der Waals surface area contributed by atoms with Crippen molar-refractivity contribution in [2.75, 3.05) is 0 Å². The Kier molecular flexibility index (Phi) is 2.42. The van der Waals surface area contributed by atoms with Gasteiger partial charge in [0.2, 0.25) is 0 Å². The molecule has 0 heterocycles. The molecule has 76 valence electrons. The monoisotopic (exact) mass is 195 g/mol. The zero-order valence-electron chi connectivity index (χ0n) is 8.16. The fraction of sp³-hybridized carbons (Fsp3) is 0.455. The highest BCUT2D eigenvalue weighted by Crippen LogP contribution is 2.27. The molecule has 0 atom stereocenters. The summed E-state index contributed by atoms with van der Waals surface area (Å²) in [4.78, 5) is 0. The molecule has 0 aliphatic heterocycles. The van der Waals surface area contributed by atoms with E-state index < -0.39 is 0 Å². The summed E-state index contributed by atoms with van der Waals surface area (Å²) in [5.41, 5.74) is 6.23. The fourth-order valence-electron chi connectivity index (χ4n) is 1.59. The van der Waals surface area contributed by atoms with Gasteiger partial charge in [0.25, 0.3) is 0 Å². The van der Waals surface area contributed by atoms with E-state index in [1.807, 2.05) is 0 Å². The number of nitrogens with two attached hydrogens (primary N) is 1. The molecular formula is C11H14FNO. The predicted octanol–water partition coefficient (Wildman–Crippen LogP) is 2.00. The van der Waals surface area contributed by atoms with E-state index in [0.717, 1.165) is 12.8 Å². The lowest BCUT2D eigenvalue weighted by atomic mass is 9.90. The summed E-state index contributed by atoms with van der Waals surface area (Å²) < 4.78 is 18.9. The standard InChI is InChI=1S/C11H14FNO/c1-7-3-2-4-10(11(7)12)14-9-5-8(13)6-9/h2-4,8-9H,5-6,13H2,1H3. The van der Waals surface area contributed by atoms with Crippen molar-refractivity contribution in [1.82, 2.24) is 0 Å². The zero-order valence-corrected chi connectivity index (χ0v) is 8.16. The highest BCUT2D eigenvalue weighted by Gasteiger charge is 2.28. The molecule has 1 aromatic rings. The van der Waals surface area contributed by atoms with Crippen molar-refractivity contribution in [2.24, 2.45) is 5.73 Å². The molecule has 1 aliphatic carbocycles. The molecule has 0 amide bonds. The van der Waals surface area contributed by atoms with Gasteiger partial charge in [-0.05, 0) is 31.4 Å². The smallest absolute Gasteiger partial charge is 0.167 e. The first-order valence-corrected chi connectivity index (χ1v) is 4.84. The van der Waals surface area contributed by atoms with Crippen LogP contribution in [-0.4, -0.2) is 12.1 Å². The van der Waals surface area contributed by atoms with Crippen LogP contribution in [0.3, 0.4) is 0 Å². The van der Waals surface area contributed by atoms with Gasteiger partial charge in [-0.1, -0.05) is 12.1 Å². The van der Waals surface area contributed by atoms with Crippen LogP contribution in [-0.2, 0) is 0 Å². The lowest BCUT2D eigenvalue weighted by molar-refractivity contribution is 0.0961. The molecule has 14 heavy (non-hydrogen) atoms. The second-order valence-corrected chi connectivity index (χ2v) is 3.86. The van der Waals surface area contributed by atoms with Crippen LogP contribution in [0.2, 0.25) is 0 Å². The summed E-state index contributed by atoms with van der Waals surface area (Å²) in [7, 11) is 0. The third-order valence-electron chi connectivity index (χ3n) is 2.58. The number of ether oxygens (including phenoxy) is 1. The normalized spacial score (nSPS) is 25.6. The molecule has 0 radical (unpaired) electrons. The van der Waals surface area contributed by atoms with Crippen molar-refractivity contribution in [3.05, 3.63) is 29.6 Å². The van der Waals surface area contributed by atoms with Crippen molar-refractivity contribution in [2.45, 2.75) is 31.9 Å². The summed E-state index contributed by atoms with van der Waals surface area (Å²) in [6.07, 6.45) is 1.75. The fourth-order valence-corrected chi connectivity index (χ4v) is 1.59. The summed E-state index contributed by atoms with van der Waals surface area (Å²) in [6, 6.07) is 5.42. The lowest BCUT2D eigenvalue weighted by Gasteiger charge is -2.32. The molecule has 2 nitrogen and oxygen atoms in total. The van der Waals surface area contributed by atoms with Gasteiger partial charge < -0.3 is 10.5 Å². The Balaban J connectivity index is 2.06. The molecule has 1 aliphatic rings. The van der Waals surface area contributed by atoms with Crippen LogP contribution < -0.4 is 10.5 Å². The Bertz CT molecular complexity index is 334. The maximum Gasteiger partial charge on any atom is 0.167 e. The molecule has 2 rings (SSSR count). The second-order valence-electron chi connectivity index (χ2n) is 3.86. The first-order valence-electron chi connectivity index (χ1n) is 4.84. The molecule has 0 unspecified atom stereocenters. The van der Waals surface area contributed by atoms with Crippen molar-refractivity contribution < 1.29 is 9.13 Å². The number of aryl methyl sites for hydroxylation is 1. The minimum absolute atomic E-state index is 0.0984. The van der Waals surface area contributed by atoms with E-state index in [-0.39, 0.29) is 18.0 Å². The van der Waals surface area contributed by atoms with Gasteiger partial charge in [0.1, 0.15) is 6.10 Å². The maximum atomic E-state index is 13.5. The largest absolute Gasteiger partial charge is 0.487 e. The minimum atomic E-state index is -0.257. The van der Waals surface area contributed by atoms with E-state index in [1.165, 1.54) is 0 Å². The quantitative estimate of drug-likeness (QED) is 0.783. The first-order chi connectivity index (χ1) is 6.66. The van der Waals surface area contributed by atoms with Crippen molar-refractivity contribution in [3.63, 3.8) is 0 Å². The van der Waals surface area contributed by atoms with Crippen LogP contribution >= 0.6 is 0 Å². The average molecular weight is 195 g/mol. The topological polar surface area (TPSA) is 35.2 Å². The average Bonchev–Trinajstić information content (AvgIpc) is 2.10. The van der Waals surface area contributed by atoms with Gasteiger partial charge in [-0.3, -0.25) is 0 Å². The van der Waals surface area contributed by atoms with Crippen LogP contribution in [0.5, 0.6) is 5.75 Å². The zero-order chi connectivity index (χ0) is 10.1. The van der Waals surface area contributed by atoms with Gasteiger partial charge >= 0.3 is 0 Å². The van der Waals surface area contributed by atoms with Crippen molar-refractivity contribution in [1.29, 1.82) is 0 Å². The molecular weight excluding hydrogens is 181 g/mol. The number of halogens is 1. The Morgan fingerprint density at radius 2 is 2.14 bits per heavy atom. The first kappa shape index (κ1) is 9.46. The molecule has 1 aromatic carbocycles. The summed E-state index contributed by atoms with van der Waals surface area (Å²) in [6.45, 7) is 1.73. The van der Waals surface area contributed by atoms with Crippen LogP contribution in [0.15, 0.2) is 18.2 Å². The van der Waals surface area contributed by atoms with Crippen LogP contribution in [0.25, 0.3) is 0 Å². The molecule has 1 saturated carbocycles. The van der Waals surface area contributed by atoms with E-state index in [1.54, 1.807) is 25.1 Å². The Labute approximate surface area is 82.9 Å². The summed E-state index contributed by atoms with van der Waals surface area (Å²) in [5.74, 6) is 0.0925. The van der Waals surface area contributed by atoms with E-state index in [2.05, 4.69) is 0 Å². The number of benzene rings is 1. The van der Waals surface area contributed by atoms with Crippen molar-refractivity contribution >= 4 is 0 Å². The van der Waals surface area contributed by atoms with E-state index >= 15 is 0 Å². The summed E-state index contributed by atoms with van der Waals surface area (Å²) >= 11 is 0. The predicted molar refractivity (Wildman–Crippen MR) is 52.8 cm³/mol. The summed E-state index contributed by atoms with van der Waals surface area (Å²) in [5, 5.41) is 0. The highest BCUT2D eigenvalue weighted by molar-refractivity contribution is 5.30. The number of hydrogen-bond acceptors (Lipinski definition) is 2. The van der Waals surface area contributed by atoms with Gasteiger partial charge in [-0.25, -0.2) is 4.39 Å². The van der Waals surface area contributed by atoms with Crippen LogP contribution in [0.1, 0.15) is 18.4 Å². The third-order valence-corrected chi connectivity index (χ3v) is 2.58. The Hall–Kier alpha value is -1.09. The Morgan fingerprint density at radius 3 is 2.79 bits per heavy atom. The van der Waals surface area contributed by atoms with Crippen molar-refractivity contribution in [3.8, 4) is 5.75 Å². The molecule has 3 heteroatoms. The number of hydrogen-bond donors (Lipinski definition) is 1. The van der Waals surface area contributed by atoms with Gasteiger partial charge in [0.15, 0.2) is 11.6 Å². The highest BCUT2D eigenvalue weighted by atomic mass is 19.1. The molecule has 2 N–H and O–H groups in total. The Morgan fingerprint density at radius 1 is 1.43 bits per heavy atom. The maximum absolute atomic E-state index is 13.5. The molecule has 0 saturated heterocycles. The van der Waals surface area contributed by atoms with Gasteiger partial charge in [-0.2, -0.15) is 0 Å². The van der Waals surface area contributed by atoms with Gasteiger partial charge in [0.05, 0.1) is 0 Å². The lowest BCUT2D eigenvalue weighted by Crippen LogP contribution is -2.43. The van der Waals surface area contributed by atoms with Crippen LogP contribution in [0, 0.1) is 12.7 Å². The molecule has 0 spiro atoms. The molecule has 0 aromatic heterocycles. The second kappa shape index (κ2) is 3.58. The van der Waals surface area contributed by atoms with Gasteiger partial charge in [0, 0.05) is 6.04 Å². The third kappa shape index (κ3) is 1.73. The SMILES string of the molecule is Cc1cccc(OC2CC(N)C2)c1F. The van der Waals surface area contributed by atoms with E-state index in [0.29, 0.717) is 11.3 Å². The molecule has 1 fully saturated rings. The minimum Gasteiger partial charge on any atom is -0.487 e. The van der Waals surface area contributed by atoms with Gasteiger partial charge in [-0.15, -0.1) is 0 Å². The van der Waals surface area contributed by atoms with Crippen LogP contribution in [0.4, 0.5) is 4.39 Å². The van der Waals surface area contributed by atoms with E-state index in [4.69, 9.17) is 10.5 Å². The molecule has 0 bridgehead atoms.